The van der Waals surface area contributed by atoms with Crippen LogP contribution in [-0.2, 0) is 0 Å². The van der Waals surface area contributed by atoms with Gasteiger partial charge in [-0.2, -0.15) is 0 Å². The lowest BCUT2D eigenvalue weighted by Gasteiger charge is -2.02. The summed E-state index contributed by atoms with van der Waals surface area (Å²) in [4.78, 5) is 0. The van der Waals surface area contributed by atoms with Crippen LogP contribution in [0.2, 0.25) is 0 Å². The second-order valence-electron chi connectivity index (χ2n) is 3.76. The Labute approximate surface area is 102 Å². The molecule has 3 nitrogen and oxygen atoms in total. The van der Waals surface area contributed by atoms with E-state index >= 15 is 0 Å². The summed E-state index contributed by atoms with van der Waals surface area (Å²) in [5, 5.41) is 17.4. The topological polar surface area (TPSA) is 49.7 Å². The quantitative estimate of drug-likeness (QED) is 0.742. The number of benzene rings is 1. The van der Waals surface area contributed by atoms with E-state index in [1.807, 2.05) is 37.3 Å². The minimum Gasteiger partial charge on any atom is -0.465 e. The lowest BCUT2D eigenvalue weighted by Crippen LogP contribution is -1.96. The van der Waals surface area contributed by atoms with Gasteiger partial charge in [0.05, 0.1) is 12.9 Å². The van der Waals surface area contributed by atoms with Crippen LogP contribution in [-0.4, -0.2) is 23.4 Å². The van der Waals surface area contributed by atoms with E-state index in [1.165, 1.54) is 0 Å². The highest BCUT2D eigenvalue weighted by Crippen LogP contribution is 2.13. The van der Waals surface area contributed by atoms with Gasteiger partial charge in [0.15, 0.2) is 0 Å². The minimum atomic E-state index is 0.0417. The Morgan fingerprint density at radius 3 is 2.53 bits per heavy atom. The van der Waals surface area contributed by atoms with E-state index in [9.17, 15) is 0 Å². The zero-order valence-electron chi connectivity index (χ0n) is 9.91. The largest absolute Gasteiger partial charge is 0.465 e. The molecule has 3 heteroatoms. The molecule has 2 N–H and O–H groups in total. The fraction of sp³-hybridized carbons (Fsp3) is 0.286. The lowest BCUT2D eigenvalue weighted by molar-refractivity contribution is 0.260. The molecule has 1 rings (SSSR count). The Hall–Kier alpha value is -1.58. The normalized spacial score (nSPS) is 13.4. The highest BCUT2D eigenvalue weighted by Gasteiger charge is 1.93. The smallest absolute Gasteiger partial charge is 0.126 e. The lowest BCUT2D eigenvalue weighted by atomic mass is 10.2. The standard InChI is InChI=1S/C14H18O3/c1-12(11-16)8-10-17-14-6-4-13(5-7-14)3-2-9-15/h2-8,10,12,15-16H,9,11H2,1H3/b3-2+,10-8-. The van der Waals surface area contributed by atoms with Gasteiger partial charge in [-0.25, -0.2) is 0 Å². The van der Waals surface area contributed by atoms with Crippen LogP contribution in [0.5, 0.6) is 5.75 Å². The summed E-state index contributed by atoms with van der Waals surface area (Å²) in [5.41, 5.74) is 1.01. The van der Waals surface area contributed by atoms with Crippen molar-refractivity contribution in [2.24, 2.45) is 5.92 Å². The van der Waals surface area contributed by atoms with E-state index < -0.39 is 0 Å². The van der Waals surface area contributed by atoms with Crippen LogP contribution in [0.15, 0.2) is 42.7 Å². The SMILES string of the molecule is CC(/C=C\Oc1ccc(/C=C/CO)cc1)CO. The fourth-order valence-electron chi connectivity index (χ4n) is 1.16. The minimum absolute atomic E-state index is 0.0417. The first-order valence-electron chi connectivity index (χ1n) is 5.58. The van der Waals surface area contributed by atoms with Gasteiger partial charge in [-0.3, -0.25) is 0 Å². The maximum Gasteiger partial charge on any atom is 0.126 e. The third-order valence-electron chi connectivity index (χ3n) is 2.20. The monoisotopic (exact) mass is 234 g/mol. The molecule has 92 valence electrons. The van der Waals surface area contributed by atoms with E-state index in [4.69, 9.17) is 14.9 Å². The Bertz CT molecular complexity index is 366. The summed E-state index contributed by atoms with van der Waals surface area (Å²) in [6, 6.07) is 7.52. The van der Waals surface area contributed by atoms with E-state index in [0.717, 1.165) is 11.3 Å². The molecular weight excluding hydrogens is 216 g/mol. The molecule has 0 fully saturated rings. The van der Waals surface area contributed by atoms with Crippen molar-refractivity contribution in [1.29, 1.82) is 0 Å². The number of rotatable bonds is 6. The van der Waals surface area contributed by atoms with Crippen LogP contribution in [0, 0.1) is 5.92 Å². The molecular formula is C14H18O3. The zero-order valence-corrected chi connectivity index (χ0v) is 9.91. The number of aliphatic hydroxyl groups excluding tert-OH is 2. The number of aliphatic hydroxyl groups is 2. The molecule has 0 heterocycles. The van der Waals surface area contributed by atoms with Gasteiger partial charge in [-0.1, -0.05) is 31.2 Å². The Balaban J connectivity index is 2.51. The highest BCUT2D eigenvalue weighted by molar-refractivity contribution is 5.50. The molecule has 0 amide bonds. The van der Waals surface area contributed by atoms with Crippen LogP contribution >= 0.6 is 0 Å². The molecule has 0 saturated heterocycles. The number of hydrogen-bond donors (Lipinski definition) is 2. The van der Waals surface area contributed by atoms with Crippen molar-refractivity contribution in [3.63, 3.8) is 0 Å². The predicted octanol–water partition coefficient (Wildman–Crippen LogP) is 2.21. The molecule has 0 aliphatic carbocycles. The van der Waals surface area contributed by atoms with Crippen LogP contribution < -0.4 is 4.74 Å². The maximum absolute atomic E-state index is 8.82. The first-order chi connectivity index (χ1) is 8.26. The van der Waals surface area contributed by atoms with Crippen LogP contribution in [0.1, 0.15) is 12.5 Å². The Morgan fingerprint density at radius 1 is 1.24 bits per heavy atom. The predicted molar refractivity (Wildman–Crippen MR) is 68.6 cm³/mol. The van der Waals surface area contributed by atoms with E-state index in [1.54, 1.807) is 18.4 Å². The summed E-state index contributed by atoms with van der Waals surface area (Å²) in [7, 11) is 0. The van der Waals surface area contributed by atoms with Gasteiger partial charge < -0.3 is 14.9 Å². The summed E-state index contributed by atoms with van der Waals surface area (Å²) in [6.07, 6.45) is 6.91. The third kappa shape index (κ3) is 5.33. The average molecular weight is 234 g/mol. The second kappa shape index (κ2) is 7.65. The average Bonchev–Trinajstić information content (AvgIpc) is 2.37. The molecule has 0 radical (unpaired) electrons. The van der Waals surface area contributed by atoms with Crippen LogP contribution in [0.25, 0.3) is 6.08 Å². The van der Waals surface area contributed by atoms with Crippen LogP contribution in [0.4, 0.5) is 0 Å². The zero-order chi connectivity index (χ0) is 12.5. The molecule has 1 aromatic carbocycles. The molecule has 1 aromatic rings. The summed E-state index contributed by atoms with van der Waals surface area (Å²) >= 11 is 0. The van der Waals surface area contributed by atoms with Crippen molar-refractivity contribution in [3.05, 3.63) is 48.2 Å². The first kappa shape index (κ1) is 13.5. The summed E-state index contributed by atoms with van der Waals surface area (Å²) in [6.45, 7) is 2.06. The van der Waals surface area contributed by atoms with Crippen molar-refractivity contribution in [2.45, 2.75) is 6.92 Å². The number of ether oxygens (including phenoxy) is 1. The molecule has 0 aliphatic rings. The molecule has 0 aromatic heterocycles. The van der Waals surface area contributed by atoms with Crippen LogP contribution in [0.3, 0.4) is 0 Å². The van der Waals surface area contributed by atoms with Gasteiger partial charge in [0.1, 0.15) is 5.75 Å². The van der Waals surface area contributed by atoms with Crippen molar-refractivity contribution in [2.75, 3.05) is 13.2 Å². The van der Waals surface area contributed by atoms with E-state index in [-0.39, 0.29) is 19.1 Å². The first-order valence-corrected chi connectivity index (χ1v) is 5.58. The summed E-state index contributed by atoms with van der Waals surface area (Å²) in [5.74, 6) is 0.842. The van der Waals surface area contributed by atoms with Gasteiger partial charge in [-0.15, -0.1) is 0 Å². The second-order valence-corrected chi connectivity index (χ2v) is 3.76. The fourth-order valence-corrected chi connectivity index (χ4v) is 1.16. The van der Waals surface area contributed by atoms with Crippen molar-refractivity contribution < 1.29 is 14.9 Å². The van der Waals surface area contributed by atoms with E-state index in [2.05, 4.69) is 0 Å². The maximum atomic E-state index is 8.82. The van der Waals surface area contributed by atoms with Gasteiger partial charge in [0, 0.05) is 12.5 Å². The molecule has 0 saturated carbocycles. The third-order valence-corrected chi connectivity index (χ3v) is 2.20. The van der Waals surface area contributed by atoms with Crippen molar-refractivity contribution in [3.8, 4) is 5.75 Å². The van der Waals surface area contributed by atoms with Crippen molar-refractivity contribution in [1.82, 2.24) is 0 Å². The molecule has 0 bridgehead atoms. The highest BCUT2D eigenvalue weighted by atomic mass is 16.5. The van der Waals surface area contributed by atoms with E-state index in [0.29, 0.717) is 0 Å². The van der Waals surface area contributed by atoms with Gasteiger partial charge in [0.25, 0.3) is 0 Å². The Morgan fingerprint density at radius 2 is 1.94 bits per heavy atom. The van der Waals surface area contributed by atoms with Crippen molar-refractivity contribution >= 4 is 6.08 Å². The molecule has 1 atom stereocenters. The van der Waals surface area contributed by atoms with Gasteiger partial charge in [0.2, 0.25) is 0 Å². The Kier molecular flexibility index (Phi) is 6.07. The molecule has 17 heavy (non-hydrogen) atoms. The molecule has 0 aliphatic heterocycles. The summed E-state index contributed by atoms with van der Waals surface area (Å²) < 4.78 is 5.37. The van der Waals surface area contributed by atoms with Gasteiger partial charge >= 0.3 is 0 Å². The molecule has 1 unspecified atom stereocenters. The van der Waals surface area contributed by atoms with Gasteiger partial charge in [-0.05, 0) is 23.8 Å². The number of hydrogen-bond acceptors (Lipinski definition) is 3. The molecule has 0 spiro atoms.